The van der Waals surface area contributed by atoms with Crippen molar-refractivity contribution in [3.63, 3.8) is 0 Å². The minimum atomic E-state index is -0.537. The molecule has 0 saturated carbocycles. The van der Waals surface area contributed by atoms with E-state index in [1.165, 1.54) is 18.2 Å². The molecule has 0 heterocycles. The maximum atomic E-state index is 11.9. The summed E-state index contributed by atoms with van der Waals surface area (Å²) in [6, 6.07) is 4.55. The molecule has 1 aromatic rings. The van der Waals surface area contributed by atoms with Crippen LogP contribution in [0.25, 0.3) is 0 Å². The van der Waals surface area contributed by atoms with Gasteiger partial charge < -0.3 is 4.28 Å². The molecule has 10 heavy (non-hydrogen) atoms. The molecule has 0 radical (unpaired) electrons. The molecule has 48 valence electrons. The van der Waals surface area contributed by atoms with Crippen LogP contribution in [0, 0.1) is 11.6 Å². The molecule has 1 aromatic carbocycles. The molecular weight excluding hydrogens is 141 g/mol. The molecular formula is C6H7F2LiMg. The molecule has 0 N–H and O–H groups in total. The second kappa shape index (κ2) is 6.17. The summed E-state index contributed by atoms with van der Waals surface area (Å²) in [7, 11) is 0. The van der Waals surface area contributed by atoms with Gasteiger partial charge in [-0.05, 0) is 12.1 Å². The average Bonchev–Trinajstić information content (AvgIpc) is 1.64. The van der Waals surface area contributed by atoms with Crippen LogP contribution in [0.5, 0.6) is 0 Å². The fourth-order valence-electron chi connectivity index (χ4n) is 0.460. The third kappa shape index (κ3) is 4.29. The Balaban J connectivity index is -0.0000000427. The van der Waals surface area contributed by atoms with Gasteiger partial charge >= 0.3 is 41.9 Å². The monoisotopic (exact) mass is 148 g/mol. The molecule has 0 amide bonds. The van der Waals surface area contributed by atoms with Crippen LogP contribution in [0.1, 0.15) is 4.28 Å². The second-order valence-corrected chi connectivity index (χ2v) is 1.44. The van der Waals surface area contributed by atoms with E-state index in [9.17, 15) is 8.78 Å². The zero-order chi connectivity index (χ0) is 5.98. The third-order valence-electron chi connectivity index (χ3n) is 0.787. The number of rotatable bonds is 0. The first-order valence-corrected chi connectivity index (χ1v) is 2.20. The standard InChI is InChI=1S/C6H4F2.Li.Mg.3H/c7-5-2-1-3-6(8)4-5;;;;;/h1-4H;;;;;/q;+1;+2;3*-1. The van der Waals surface area contributed by atoms with E-state index < -0.39 is 11.6 Å². The first kappa shape index (κ1) is 13.1. The quantitative estimate of drug-likeness (QED) is 0.411. The Kier molecular flexibility index (Phi) is 8.06. The Morgan fingerprint density at radius 1 is 1.10 bits per heavy atom. The minimum absolute atomic E-state index is 0. The van der Waals surface area contributed by atoms with Crippen LogP contribution in [0.3, 0.4) is 0 Å². The van der Waals surface area contributed by atoms with Gasteiger partial charge in [0.25, 0.3) is 0 Å². The maximum absolute atomic E-state index is 11.9. The fraction of sp³-hybridized carbons (Fsp3) is 0. The fourth-order valence-corrected chi connectivity index (χ4v) is 0.460. The molecule has 1 rings (SSSR count). The SMILES string of the molecule is Fc1cccc(F)c1.[H-].[H-].[H-].[Li+].[Mg+2]. The normalized spacial score (nSPS) is 7.40. The number of halogens is 2. The van der Waals surface area contributed by atoms with Crippen LogP contribution in [-0.4, -0.2) is 23.1 Å². The predicted octanol–water partition coefficient (Wildman–Crippen LogP) is -1.07. The molecule has 0 unspecified atom stereocenters. The van der Waals surface area contributed by atoms with Gasteiger partial charge in [0.1, 0.15) is 11.6 Å². The maximum Gasteiger partial charge on any atom is 2.00 e. The van der Waals surface area contributed by atoms with Gasteiger partial charge in [0.15, 0.2) is 0 Å². The Labute approximate surface area is 90.8 Å². The predicted molar refractivity (Wildman–Crippen MR) is 35.4 cm³/mol. The Hall–Kier alpha value is 0.444. The van der Waals surface area contributed by atoms with Crippen molar-refractivity contribution in [3.8, 4) is 0 Å². The van der Waals surface area contributed by atoms with E-state index >= 15 is 0 Å². The molecule has 0 aliphatic rings. The van der Waals surface area contributed by atoms with Crippen molar-refractivity contribution < 1.29 is 31.9 Å². The summed E-state index contributed by atoms with van der Waals surface area (Å²) >= 11 is 0. The van der Waals surface area contributed by atoms with Crippen molar-refractivity contribution in [1.29, 1.82) is 0 Å². The first-order chi connectivity index (χ1) is 3.79. The molecule has 0 bridgehead atoms. The zero-order valence-corrected chi connectivity index (χ0v) is 7.19. The average molecular weight is 148 g/mol. The molecule has 0 aliphatic heterocycles. The summed E-state index contributed by atoms with van der Waals surface area (Å²) in [5, 5.41) is 0. The van der Waals surface area contributed by atoms with Gasteiger partial charge in [-0.1, -0.05) is 6.07 Å². The van der Waals surface area contributed by atoms with Gasteiger partial charge in [-0.2, -0.15) is 0 Å². The van der Waals surface area contributed by atoms with E-state index in [1.54, 1.807) is 0 Å². The van der Waals surface area contributed by atoms with Crippen molar-refractivity contribution in [1.82, 2.24) is 0 Å². The van der Waals surface area contributed by atoms with E-state index in [1.807, 2.05) is 0 Å². The Morgan fingerprint density at radius 2 is 1.50 bits per heavy atom. The van der Waals surface area contributed by atoms with Crippen molar-refractivity contribution in [2.75, 3.05) is 0 Å². The summed E-state index contributed by atoms with van der Waals surface area (Å²) in [6.45, 7) is 0. The topological polar surface area (TPSA) is 0 Å². The van der Waals surface area contributed by atoms with Crippen LogP contribution in [0.4, 0.5) is 8.78 Å². The van der Waals surface area contributed by atoms with Gasteiger partial charge in [0, 0.05) is 6.07 Å². The molecule has 0 aliphatic carbocycles. The summed E-state index contributed by atoms with van der Waals surface area (Å²) in [5.41, 5.74) is 0. The van der Waals surface area contributed by atoms with Crippen molar-refractivity contribution >= 4 is 23.1 Å². The summed E-state index contributed by atoms with van der Waals surface area (Å²) < 4.78 is 23.9. The van der Waals surface area contributed by atoms with Crippen LogP contribution in [0.2, 0.25) is 0 Å². The van der Waals surface area contributed by atoms with E-state index in [0.717, 1.165) is 6.07 Å². The molecule has 0 aromatic heterocycles. The summed E-state index contributed by atoms with van der Waals surface area (Å²) in [6.07, 6.45) is 0. The molecule has 0 spiro atoms. The van der Waals surface area contributed by atoms with Crippen LogP contribution < -0.4 is 18.9 Å². The molecule has 0 saturated heterocycles. The first-order valence-electron chi connectivity index (χ1n) is 2.20. The van der Waals surface area contributed by atoms with Gasteiger partial charge in [-0.25, -0.2) is 8.78 Å². The van der Waals surface area contributed by atoms with Gasteiger partial charge in [0.05, 0.1) is 0 Å². The van der Waals surface area contributed by atoms with Gasteiger partial charge in [-0.3, -0.25) is 0 Å². The Bertz CT molecular complexity index is 186. The van der Waals surface area contributed by atoms with Crippen LogP contribution in [-0.2, 0) is 0 Å². The van der Waals surface area contributed by atoms with E-state index in [4.69, 9.17) is 0 Å². The summed E-state index contributed by atoms with van der Waals surface area (Å²) in [5.74, 6) is -1.07. The second-order valence-electron chi connectivity index (χ2n) is 1.44. The van der Waals surface area contributed by atoms with Crippen LogP contribution in [0.15, 0.2) is 24.3 Å². The minimum Gasteiger partial charge on any atom is -1.00 e. The summed E-state index contributed by atoms with van der Waals surface area (Å²) in [4.78, 5) is 0. The van der Waals surface area contributed by atoms with Crippen molar-refractivity contribution in [3.05, 3.63) is 35.9 Å². The van der Waals surface area contributed by atoms with Crippen LogP contribution >= 0.6 is 0 Å². The smallest absolute Gasteiger partial charge is 1.00 e. The van der Waals surface area contributed by atoms with E-state index in [2.05, 4.69) is 0 Å². The number of hydrogen-bond acceptors (Lipinski definition) is 0. The van der Waals surface area contributed by atoms with Gasteiger partial charge in [-0.15, -0.1) is 0 Å². The Morgan fingerprint density at radius 3 is 1.70 bits per heavy atom. The number of hydrogen-bond donors (Lipinski definition) is 0. The van der Waals surface area contributed by atoms with Crippen molar-refractivity contribution in [2.24, 2.45) is 0 Å². The largest absolute Gasteiger partial charge is 2.00 e. The zero-order valence-electron chi connectivity index (χ0n) is 8.77. The third-order valence-corrected chi connectivity index (χ3v) is 0.787. The van der Waals surface area contributed by atoms with Gasteiger partial charge in [0.2, 0.25) is 0 Å². The van der Waals surface area contributed by atoms with Crippen molar-refractivity contribution in [2.45, 2.75) is 0 Å². The van der Waals surface area contributed by atoms with E-state index in [-0.39, 0.29) is 46.2 Å². The molecule has 0 nitrogen and oxygen atoms in total. The molecule has 0 atom stereocenters. The number of benzene rings is 1. The molecule has 0 fully saturated rings. The molecule has 4 heteroatoms. The van der Waals surface area contributed by atoms with E-state index in [0.29, 0.717) is 0 Å².